The second-order valence-corrected chi connectivity index (χ2v) is 6.23. The van der Waals surface area contributed by atoms with E-state index >= 15 is 0 Å². The lowest BCUT2D eigenvalue weighted by Crippen LogP contribution is -2.93. The van der Waals surface area contributed by atoms with Crippen LogP contribution in [0.25, 0.3) is 5.69 Å². The molecule has 3 rings (SSSR count). The minimum Gasteiger partial charge on any atom is -0.375 e. The van der Waals surface area contributed by atoms with Crippen LogP contribution in [0.5, 0.6) is 0 Å². The van der Waals surface area contributed by atoms with Gasteiger partial charge in [-0.05, 0) is 36.4 Å². The van der Waals surface area contributed by atoms with E-state index in [-0.39, 0.29) is 11.1 Å². The van der Waals surface area contributed by atoms with Gasteiger partial charge in [-0.2, -0.15) is 4.68 Å². The van der Waals surface area contributed by atoms with E-state index < -0.39 is 0 Å². The van der Waals surface area contributed by atoms with Gasteiger partial charge in [-0.3, -0.25) is 0 Å². The number of quaternary nitrogens is 1. The van der Waals surface area contributed by atoms with E-state index in [0.29, 0.717) is 0 Å². The zero-order valence-electron chi connectivity index (χ0n) is 12.8. The number of ether oxygens (including phenoxy) is 1. The van der Waals surface area contributed by atoms with Crippen molar-refractivity contribution >= 4 is 0 Å². The van der Waals surface area contributed by atoms with Crippen molar-refractivity contribution in [1.82, 2.24) is 20.2 Å². The molecule has 0 saturated carbocycles. The molecule has 0 aliphatic carbocycles. The summed E-state index contributed by atoms with van der Waals surface area (Å²) in [6, 6.07) is 10.0. The lowest BCUT2D eigenvalue weighted by atomic mass is 9.80. The maximum absolute atomic E-state index is 5.87. The monoisotopic (exact) mass is 288 g/mol. The van der Waals surface area contributed by atoms with Gasteiger partial charge in [-0.1, -0.05) is 18.2 Å². The van der Waals surface area contributed by atoms with Crippen molar-refractivity contribution in [3.63, 3.8) is 0 Å². The van der Waals surface area contributed by atoms with Crippen LogP contribution in [0.4, 0.5) is 0 Å². The van der Waals surface area contributed by atoms with Crippen molar-refractivity contribution < 1.29 is 10.1 Å². The second-order valence-electron chi connectivity index (χ2n) is 6.23. The van der Waals surface area contributed by atoms with E-state index in [1.54, 1.807) is 0 Å². The molecule has 2 aromatic rings. The molecule has 0 unspecified atom stereocenters. The Morgan fingerprint density at radius 1 is 1.24 bits per heavy atom. The van der Waals surface area contributed by atoms with Gasteiger partial charge < -0.3 is 10.1 Å². The molecule has 1 aromatic heterocycles. The number of hydrogen-bond donors (Lipinski definition) is 1. The Kier molecular flexibility index (Phi) is 3.51. The lowest BCUT2D eigenvalue weighted by molar-refractivity contribution is -0.722. The number of nitrogens with two attached hydrogens (primary N) is 1. The van der Waals surface area contributed by atoms with Crippen LogP contribution >= 0.6 is 0 Å². The first-order valence-corrected chi connectivity index (χ1v) is 7.35. The number of para-hydroxylation sites is 1. The quantitative estimate of drug-likeness (QED) is 0.900. The molecule has 1 saturated heterocycles. The predicted octanol–water partition coefficient (Wildman–Crippen LogP) is 0.640. The zero-order chi connectivity index (χ0) is 14.9. The summed E-state index contributed by atoms with van der Waals surface area (Å²) < 4.78 is 7.72. The van der Waals surface area contributed by atoms with Crippen LogP contribution in [-0.4, -0.2) is 39.5 Å². The fraction of sp³-hybridized carbons (Fsp3) is 0.533. The summed E-state index contributed by atoms with van der Waals surface area (Å²) in [6.45, 7) is 4.97. The van der Waals surface area contributed by atoms with Crippen LogP contribution in [-0.2, 0) is 10.3 Å². The molecular weight excluding hydrogens is 266 g/mol. The molecule has 1 fully saturated rings. The first-order valence-electron chi connectivity index (χ1n) is 7.35. The first-order chi connectivity index (χ1) is 10.1. The van der Waals surface area contributed by atoms with Gasteiger partial charge in [-0.25, -0.2) is 0 Å². The van der Waals surface area contributed by atoms with Gasteiger partial charge in [0, 0.05) is 12.8 Å². The third kappa shape index (κ3) is 2.56. The highest BCUT2D eigenvalue weighted by Crippen LogP contribution is 2.35. The van der Waals surface area contributed by atoms with Crippen molar-refractivity contribution in [3.05, 3.63) is 36.2 Å². The average Bonchev–Trinajstić information content (AvgIpc) is 2.97. The van der Waals surface area contributed by atoms with Crippen molar-refractivity contribution in [2.24, 2.45) is 0 Å². The standard InChI is InChI=1S/C15H21N5O/c1-14(2)11-15(16-3,9-10-21-14)13-17-18-19-20(13)12-7-5-4-6-8-12/h4-8,16H,9-11H2,1-3H3/p+1/t15-/m1/s1. The molecule has 1 aliphatic rings. The number of tetrazole rings is 1. The summed E-state index contributed by atoms with van der Waals surface area (Å²) in [6.07, 6.45) is 1.78. The third-order valence-electron chi connectivity index (χ3n) is 4.25. The molecule has 2 heterocycles. The summed E-state index contributed by atoms with van der Waals surface area (Å²) in [4.78, 5) is 0. The lowest BCUT2D eigenvalue weighted by Gasteiger charge is -2.41. The Bertz CT molecular complexity index is 610. The van der Waals surface area contributed by atoms with Crippen LogP contribution in [0, 0.1) is 0 Å². The maximum Gasteiger partial charge on any atom is 0.217 e. The fourth-order valence-corrected chi connectivity index (χ4v) is 3.22. The Balaban J connectivity index is 2.05. The van der Waals surface area contributed by atoms with Gasteiger partial charge in [0.2, 0.25) is 5.82 Å². The topological polar surface area (TPSA) is 69.4 Å². The molecule has 1 atom stereocenters. The van der Waals surface area contributed by atoms with Gasteiger partial charge in [0.1, 0.15) is 0 Å². The van der Waals surface area contributed by atoms with Gasteiger partial charge in [0.15, 0.2) is 5.54 Å². The van der Waals surface area contributed by atoms with Crippen molar-refractivity contribution in [2.45, 2.75) is 37.8 Å². The van der Waals surface area contributed by atoms with Gasteiger partial charge in [0.25, 0.3) is 0 Å². The molecule has 112 valence electrons. The summed E-state index contributed by atoms with van der Waals surface area (Å²) in [5, 5.41) is 14.7. The number of aromatic nitrogens is 4. The number of nitrogens with zero attached hydrogens (tertiary/aromatic N) is 4. The smallest absolute Gasteiger partial charge is 0.217 e. The van der Waals surface area contributed by atoms with Crippen molar-refractivity contribution in [1.29, 1.82) is 0 Å². The summed E-state index contributed by atoms with van der Waals surface area (Å²) in [5.41, 5.74) is 0.669. The van der Waals surface area contributed by atoms with E-state index in [0.717, 1.165) is 31.0 Å². The molecule has 0 spiro atoms. The van der Waals surface area contributed by atoms with Crippen LogP contribution in [0.1, 0.15) is 32.5 Å². The molecule has 21 heavy (non-hydrogen) atoms. The highest BCUT2D eigenvalue weighted by molar-refractivity contribution is 5.31. The third-order valence-corrected chi connectivity index (χ3v) is 4.25. The van der Waals surface area contributed by atoms with E-state index in [1.807, 2.05) is 35.0 Å². The number of rotatable bonds is 3. The molecule has 1 aromatic carbocycles. The van der Waals surface area contributed by atoms with Crippen LogP contribution in [0.2, 0.25) is 0 Å². The second kappa shape index (κ2) is 5.20. The summed E-state index contributed by atoms with van der Waals surface area (Å²) >= 11 is 0. The molecule has 6 nitrogen and oxygen atoms in total. The maximum atomic E-state index is 5.87. The van der Waals surface area contributed by atoms with Gasteiger partial charge in [-0.15, -0.1) is 5.10 Å². The first kappa shape index (κ1) is 14.2. The molecule has 6 heteroatoms. The number of hydrogen-bond acceptors (Lipinski definition) is 4. The molecule has 0 amide bonds. The SMILES string of the molecule is C[NH2+][C@]1(c2nnnn2-c2ccccc2)CCOC(C)(C)C1. The summed E-state index contributed by atoms with van der Waals surface area (Å²) in [7, 11) is 2.09. The largest absolute Gasteiger partial charge is 0.375 e. The van der Waals surface area contributed by atoms with Gasteiger partial charge in [0.05, 0.1) is 24.9 Å². The highest BCUT2D eigenvalue weighted by Gasteiger charge is 2.48. The van der Waals surface area contributed by atoms with E-state index in [2.05, 4.69) is 41.7 Å². The normalized spacial score (nSPS) is 24.9. The van der Waals surface area contributed by atoms with E-state index in [9.17, 15) is 0 Å². The molecule has 1 aliphatic heterocycles. The minimum atomic E-state index is -0.168. The molecule has 2 N–H and O–H groups in total. The Morgan fingerprint density at radius 2 is 2.00 bits per heavy atom. The van der Waals surface area contributed by atoms with Gasteiger partial charge >= 0.3 is 0 Å². The number of benzene rings is 1. The van der Waals surface area contributed by atoms with Crippen LogP contribution in [0.15, 0.2) is 30.3 Å². The predicted molar refractivity (Wildman–Crippen MR) is 77.9 cm³/mol. The Hall–Kier alpha value is -1.79. The van der Waals surface area contributed by atoms with Crippen LogP contribution < -0.4 is 5.32 Å². The minimum absolute atomic E-state index is 0.152. The molecule has 0 radical (unpaired) electrons. The summed E-state index contributed by atoms with van der Waals surface area (Å²) in [5.74, 6) is 0.896. The molecule has 0 bridgehead atoms. The fourth-order valence-electron chi connectivity index (χ4n) is 3.22. The zero-order valence-corrected chi connectivity index (χ0v) is 12.8. The average molecular weight is 288 g/mol. The highest BCUT2D eigenvalue weighted by atomic mass is 16.5. The Morgan fingerprint density at radius 3 is 2.67 bits per heavy atom. The van der Waals surface area contributed by atoms with E-state index in [1.165, 1.54) is 0 Å². The van der Waals surface area contributed by atoms with Crippen LogP contribution in [0.3, 0.4) is 0 Å². The Labute approximate surface area is 124 Å². The van der Waals surface area contributed by atoms with E-state index in [4.69, 9.17) is 4.74 Å². The van der Waals surface area contributed by atoms with Crippen molar-refractivity contribution in [2.75, 3.05) is 13.7 Å². The van der Waals surface area contributed by atoms with Crippen molar-refractivity contribution in [3.8, 4) is 5.69 Å². The molecular formula is C15H22N5O+.